The van der Waals surface area contributed by atoms with Crippen LogP contribution in [0.2, 0.25) is 0 Å². The molecule has 6 heteroatoms. The topological polar surface area (TPSA) is 79.8 Å². The molecule has 3 atom stereocenters. The summed E-state index contributed by atoms with van der Waals surface area (Å²) in [6, 6.07) is -0.682. The molecular weight excluding hydrogens is 212 g/mol. The first kappa shape index (κ1) is 13.1. The van der Waals surface area contributed by atoms with Crippen LogP contribution in [0.5, 0.6) is 0 Å². The van der Waals surface area contributed by atoms with Gasteiger partial charge >= 0.3 is 5.97 Å². The fraction of sp³-hybridized carbons (Fsp3) is 0.700. The Morgan fingerprint density at radius 3 is 3.06 bits per heavy atom. The van der Waals surface area contributed by atoms with Gasteiger partial charge in [0.15, 0.2) is 0 Å². The molecule has 0 aromatic heterocycles. The SMILES string of the molecule is C=CCON[C@H]1CN[C@H](C(=O)OC)C[C@@H]1O. The molecule has 16 heavy (non-hydrogen) atoms. The number of carbonyl (C=O) groups is 1. The van der Waals surface area contributed by atoms with Crippen molar-refractivity contribution in [3.05, 3.63) is 12.7 Å². The zero-order valence-electron chi connectivity index (χ0n) is 9.31. The van der Waals surface area contributed by atoms with Crippen LogP contribution < -0.4 is 10.8 Å². The van der Waals surface area contributed by atoms with Crippen molar-refractivity contribution >= 4 is 5.97 Å². The summed E-state index contributed by atoms with van der Waals surface area (Å²) in [6.45, 7) is 4.31. The number of esters is 1. The number of nitrogens with one attached hydrogen (secondary N) is 2. The van der Waals surface area contributed by atoms with Crippen LogP contribution in [0.15, 0.2) is 12.7 Å². The lowest BCUT2D eigenvalue weighted by Gasteiger charge is -2.32. The van der Waals surface area contributed by atoms with Crippen molar-refractivity contribution < 1.29 is 19.5 Å². The second kappa shape index (κ2) is 6.59. The van der Waals surface area contributed by atoms with E-state index in [-0.39, 0.29) is 12.0 Å². The maximum Gasteiger partial charge on any atom is 0.322 e. The Bertz CT molecular complexity index is 247. The van der Waals surface area contributed by atoms with Crippen LogP contribution in [0.25, 0.3) is 0 Å². The van der Waals surface area contributed by atoms with Crippen LogP contribution >= 0.6 is 0 Å². The molecule has 6 nitrogen and oxygen atoms in total. The molecule has 0 aromatic rings. The standard InChI is InChI=1S/C10H18N2O4/c1-3-4-16-12-8-6-11-7(5-9(8)13)10(14)15-2/h3,7-9,11-13H,1,4-6H2,2H3/t7-,8-,9-/m0/s1. The van der Waals surface area contributed by atoms with Gasteiger partial charge in [-0.25, -0.2) is 0 Å². The number of methoxy groups -OCH3 is 1. The van der Waals surface area contributed by atoms with E-state index >= 15 is 0 Å². The fourth-order valence-electron chi connectivity index (χ4n) is 1.55. The minimum Gasteiger partial charge on any atom is -0.468 e. The van der Waals surface area contributed by atoms with Gasteiger partial charge < -0.3 is 15.2 Å². The van der Waals surface area contributed by atoms with E-state index in [1.54, 1.807) is 6.08 Å². The van der Waals surface area contributed by atoms with Gasteiger partial charge in [-0.3, -0.25) is 9.63 Å². The zero-order valence-corrected chi connectivity index (χ0v) is 9.31. The van der Waals surface area contributed by atoms with Crippen LogP contribution in [0.1, 0.15) is 6.42 Å². The molecule has 0 aliphatic carbocycles. The number of hydrogen-bond acceptors (Lipinski definition) is 6. The van der Waals surface area contributed by atoms with Crippen molar-refractivity contribution in [3.63, 3.8) is 0 Å². The highest BCUT2D eigenvalue weighted by molar-refractivity contribution is 5.75. The Morgan fingerprint density at radius 1 is 1.75 bits per heavy atom. The maximum absolute atomic E-state index is 11.2. The first-order chi connectivity index (χ1) is 7.69. The van der Waals surface area contributed by atoms with Crippen molar-refractivity contribution in [2.75, 3.05) is 20.3 Å². The molecule has 1 heterocycles. The lowest BCUT2D eigenvalue weighted by Crippen LogP contribution is -2.58. The summed E-state index contributed by atoms with van der Waals surface area (Å²) >= 11 is 0. The molecule has 1 rings (SSSR count). The molecule has 1 fully saturated rings. The van der Waals surface area contributed by atoms with Crippen molar-refractivity contribution in [1.29, 1.82) is 0 Å². The third kappa shape index (κ3) is 3.57. The van der Waals surface area contributed by atoms with Gasteiger partial charge in [0, 0.05) is 13.0 Å². The monoisotopic (exact) mass is 230 g/mol. The summed E-state index contributed by atoms with van der Waals surface area (Å²) in [7, 11) is 1.33. The quantitative estimate of drug-likeness (QED) is 0.242. The molecule has 0 aromatic carbocycles. The number of carbonyl (C=O) groups excluding carboxylic acids is 1. The third-order valence-electron chi connectivity index (χ3n) is 2.45. The number of aliphatic hydroxyl groups is 1. The first-order valence-corrected chi connectivity index (χ1v) is 5.16. The smallest absolute Gasteiger partial charge is 0.322 e. The second-order valence-electron chi connectivity index (χ2n) is 3.61. The van der Waals surface area contributed by atoms with Crippen molar-refractivity contribution in [2.24, 2.45) is 0 Å². The van der Waals surface area contributed by atoms with Crippen molar-refractivity contribution in [2.45, 2.75) is 24.6 Å². The Hall–Kier alpha value is -0.950. The van der Waals surface area contributed by atoms with Gasteiger partial charge in [-0.15, -0.1) is 6.58 Å². The highest BCUT2D eigenvalue weighted by Gasteiger charge is 2.32. The molecule has 0 bridgehead atoms. The van der Waals surface area contributed by atoms with E-state index in [4.69, 9.17) is 4.84 Å². The fourth-order valence-corrected chi connectivity index (χ4v) is 1.55. The Kier molecular flexibility index (Phi) is 5.41. The van der Waals surface area contributed by atoms with Crippen LogP contribution in [0, 0.1) is 0 Å². The van der Waals surface area contributed by atoms with Gasteiger partial charge in [0.25, 0.3) is 0 Å². The molecule has 1 aliphatic rings. The summed E-state index contributed by atoms with van der Waals surface area (Å²) in [5.41, 5.74) is 2.71. The molecule has 1 aliphatic heterocycles. The molecule has 0 spiro atoms. The van der Waals surface area contributed by atoms with Gasteiger partial charge in [0.2, 0.25) is 0 Å². The molecule has 3 N–H and O–H groups in total. The normalized spacial score (nSPS) is 29.8. The minimum atomic E-state index is -0.643. The average molecular weight is 230 g/mol. The number of hydrogen-bond donors (Lipinski definition) is 3. The molecule has 0 amide bonds. The molecule has 0 radical (unpaired) electrons. The Morgan fingerprint density at radius 2 is 2.50 bits per heavy atom. The summed E-state index contributed by atoms with van der Waals surface area (Å²) in [6.07, 6.45) is 1.27. The Balaban J connectivity index is 2.33. The Labute approximate surface area is 94.6 Å². The first-order valence-electron chi connectivity index (χ1n) is 5.16. The van der Waals surface area contributed by atoms with Gasteiger partial charge in [0.1, 0.15) is 6.04 Å². The van der Waals surface area contributed by atoms with E-state index < -0.39 is 12.1 Å². The van der Waals surface area contributed by atoms with E-state index in [0.29, 0.717) is 19.6 Å². The van der Waals surface area contributed by atoms with Crippen LogP contribution in [-0.2, 0) is 14.4 Å². The maximum atomic E-state index is 11.2. The lowest BCUT2D eigenvalue weighted by molar-refractivity contribution is -0.145. The number of aliphatic hydroxyl groups excluding tert-OH is 1. The van der Waals surface area contributed by atoms with E-state index in [1.807, 2.05) is 0 Å². The number of piperidine rings is 1. The molecule has 0 saturated carbocycles. The van der Waals surface area contributed by atoms with E-state index in [9.17, 15) is 9.90 Å². The molecule has 0 unspecified atom stereocenters. The molecular formula is C10H18N2O4. The van der Waals surface area contributed by atoms with Crippen LogP contribution in [-0.4, -0.2) is 49.5 Å². The summed E-state index contributed by atoms with van der Waals surface area (Å²) in [5, 5.41) is 12.7. The summed E-state index contributed by atoms with van der Waals surface area (Å²) in [5.74, 6) is -0.357. The van der Waals surface area contributed by atoms with Gasteiger partial charge in [0.05, 0.1) is 25.9 Å². The van der Waals surface area contributed by atoms with Gasteiger partial charge in [-0.05, 0) is 0 Å². The van der Waals surface area contributed by atoms with E-state index in [2.05, 4.69) is 22.1 Å². The largest absolute Gasteiger partial charge is 0.468 e. The summed E-state index contributed by atoms with van der Waals surface area (Å²) in [4.78, 5) is 16.2. The highest BCUT2D eigenvalue weighted by atomic mass is 16.6. The predicted octanol–water partition coefficient (Wildman–Crippen LogP) is -1.04. The predicted molar refractivity (Wildman–Crippen MR) is 57.5 cm³/mol. The van der Waals surface area contributed by atoms with Gasteiger partial charge in [-0.1, -0.05) is 6.08 Å². The lowest BCUT2D eigenvalue weighted by atomic mass is 9.98. The van der Waals surface area contributed by atoms with Crippen molar-refractivity contribution in [3.8, 4) is 0 Å². The van der Waals surface area contributed by atoms with E-state index in [0.717, 1.165) is 0 Å². The number of ether oxygens (including phenoxy) is 1. The van der Waals surface area contributed by atoms with Crippen LogP contribution in [0.4, 0.5) is 0 Å². The zero-order chi connectivity index (χ0) is 12.0. The number of hydroxylamine groups is 1. The van der Waals surface area contributed by atoms with Gasteiger partial charge in [-0.2, -0.15) is 5.48 Å². The average Bonchev–Trinajstić information content (AvgIpc) is 2.30. The minimum absolute atomic E-state index is 0.235. The van der Waals surface area contributed by atoms with Crippen LogP contribution in [0.3, 0.4) is 0 Å². The highest BCUT2D eigenvalue weighted by Crippen LogP contribution is 2.10. The second-order valence-corrected chi connectivity index (χ2v) is 3.61. The molecule has 92 valence electrons. The van der Waals surface area contributed by atoms with Crippen molar-refractivity contribution in [1.82, 2.24) is 10.8 Å². The molecule has 1 saturated heterocycles. The van der Waals surface area contributed by atoms with E-state index in [1.165, 1.54) is 7.11 Å². The summed E-state index contributed by atoms with van der Waals surface area (Å²) < 4.78 is 4.59. The number of rotatable bonds is 5. The third-order valence-corrected chi connectivity index (χ3v) is 2.45.